The first-order valence-electron chi connectivity index (χ1n) is 6.14. The third kappa shape index (κ3) is 1.66. The van der Waals surface area contributed by atoms with Gasteiger partial charge in [0.1, 0.15) is 0 Å². The molecule has 1 heterocycles. The predicted octanol–water partition coefficient (Wildman–Crippen LogP) is 3.10. The van der Waals surface area contributed by atoms with Crippen molar-refractivity contribution in [2.45, 2.75) is 13.8 Å². The minimum absolute atomic E-state index is 0.246. The molecule has 0 radical (unpaired) electrons. The van der Waals surface area contributed by atoms with Crippen LogP contribution in [0.3, 0.4) is 0 Å². The first-order valence-corrected chi connectivity index (χ1v) is 6.14. The van der Waals surface area contributed by atoms with Gasteiger partial charge >= 0.3 is 0 Å². The minimum atomic E-state index is -0.246. The predicted molar refractivity (Wildman–Crippen MR) is 73.5 cm³/mol. The molecule has 1 aliphatic heterocycles. The molecule has 0 unspecified atom stereocenters. The van der Waals surface area contributed by atoms with Gasteiger partial charge in [-0.25, -0.2) is 4.90 Å². The summed E-state index contributed by atoms with van der Waals surface area (Å²) in [7, 11) is 0. The van der Waals surface area contributed by atoms with Crippen molar-refractivity contribution in [3.05, 3.63) is 64.7 Å². The molecular weight excluding hydrogens is 238 g/mol. The molecule has 0 bridgehead atoms. The van der Waals surface area contributed by atoms with Crippen LogP contribution >= 0.6 is 0 Å². The maximum Gasteiger partial charge on any atom is 0.266 e. The number of imide groups is 1. The van der Waals surface area contributed by atoms with Crippen LogP contribution in [0.4, 0.5) is 5.69 Å². The number of benzene rings is 2. The summed E-state index contributed by atoms with van der Waals surface area (Å²) in [5.74, 6) is -0.493. The Morgan fingerprint density at radius 3 is 1.89 bits per heavy atom. The van der Waals surface area contributed by atoms with E-state index in [1.165, 1.54) is 4.90 Å². The molecule has 0 saturated heterocycles. The lowest BCUT2D eigenvalue weighted by Gasteiger charge is -2.15. The van der Waals surface area contributed by atoms with Gasteiger partial charge in [0.25, 0.3) is 11.8 Å². The van der Waals surface area contributed by atoms with Crippen LogP contribution < -0.4 is 4.90 Å². The quantitative estimate of drug-likeness (QED) is 0.730. The molecule has 3 rings (SSSR count). The van der Waals surface area contributed by atoms with Crippen molar-refractivity contribution in [3.63, 3.8) is 0 Å². The number of nitrogens with zero attached hydrogens (tertiary/aromatic N) is 1. The molecule has 0 aromatic heterocycles. The van der Waals surface area contributed by atoms with E-state index in [-0.39, 0.29) is 11.8 Å². The van der Waals surface area contributed by atoms with Crippen LogP contribution in [0.15, 0.2) is 42.5 Å². The summed E-state index contributed by atoms with van der Waals surface area (Å²) in [6.07, 6.45) is 0. The van der Waals surface area contributed by atoms with E-state index < -0.39 is 0 Å². The largest absolute Gasteiger partial charge is 0.268 e. The number of amides is 2. The van der Waals surface area contributed by atoms with Crippen LogP contribution in [-0.2, 0) is 0 Å². The Morgan fingerprint density at radius 2 is 1.37 bits per heavy atom. The summed E-state index contributed by atoms with van der Waals surface area (Å²) in [5, 5.41) is 0. The first kappa shape index (κ1) is 11.7. The maximum absolute atomic E-state index is 12.3. The fraction of sp³-hybridized carbons (Fsp3) is 0.125. The molecule has 0 spiro atoms. The Hall–Kier alpha value is -2.42. The number of aryl methyl sites for hydroxylation is 2. The van der Waals surface area contributed by atoms with Crippen LogP contribution in [0.25, 0.3) is 0 Å². The molecule has 0 saturated carbocycles. The third-order valence-corrected chi connectivity index (χ3v) is 3.54. The van der Waals surface area contributed by atoms with Crippen LogP contribution in [0.5, 0.6) is 0 Å². The van der Waals surface area contributed by atoms with Crippen molar-refractivity contribution in [3.8, 4) is 0 Å². The summed E-state index contributed by atoms with van der Waals surface area (Å²) >= 11 is 0. The highest BCUT2D eigenvalue weighted by atomic mass is 16.2. The van der Waals surface area contributed by atoms with Gasteiger partial charge in [0.2, 0.25) is 0 Å². The zero-order valence-electron chi connectivity index (χ0n) is 10.8. The van der Waals surface area contributed by atoms with E-state index in [0.717, 1.165) is 11.1 Å². The number of anilines is 1. The van der Waals surface area contributed by atoms with Crippen LogP contribution in [0.2, 0.25) is 0 Å². The first-order chi connectivity index (χ1) is 9.09. The molecule has 0 aliphatic carbocycles. The van der Waals surface area contributed by atoms with E-state index >= 15 is 0 Å². The molecule has 0 N–H and O–H groups in total. The Kier molecular flexibility index (Phi) is 2.49. The molecule has 0 fully saturated rings. The molecule has 2 aromatic rings. The van der Waals surface area contributed by atoms with Gasteiger partial charge in [0.05, 0.1) is 16.8 Å². The van der Waals surface area contributed by atoms with Gasteiger partial charge in [0.15, 0.2) is 0 Å². The van der Waals surface area contributed by atoms with Gasteiger partial charge in [0, 0.05) is 0 Å². The van der Waals surface area contributed by atoms with Gasteiger partial charge in [-0.1, -0.05) is 18.2 Å². The number of hydrogen-bond donors (Lipinski definition) is 0. The highest BCUT2D eigenvalue weighted by molar-refractivity contribution is 6.34. The molecule has 1 aliphatic rings. The average molecular weight is 251 g/mol. The van der Waals surface area contributed by atoms with Gasteiger partial charge in [-0.3, -0.25) is 9.59 Å². The number of rotatable bonds is 1. The second-order valence-electron chi connectivity index (χ2n) is 4.76. The van der Waals surface area contributed by atoms with Crippen LogP contribution in [0.1, 0.15) is 31.8 Å². The zero-order valence-corrected chi connectivity index (χ0v) is 10.8. The highest BCUT2D eigenvalue weighted by Crippen LogP contribution is 2.29. The van der Waals surface area contributed by atoms with E-state index in [1.54, 1.807) is 24.3 Å². The highest BCUT2D eigenvalue weighted by Gasteiger charge is 2.36. The number of hydrogen-bond acceptors (Lipinski definition) is 2. The van der Waals surface area contributed by atoms with Gasteiger partial charge in [-0.15, -0.1) is 0 Å². The number of carbonyl (C=O) groups is 2. The molecule has 3 nitrogen and oxygen atoms in total. The second kappa shape index (κ2) is 4.05. The van der Waals surface area contributed by atoms with Gasteiger partial charge in [-0.05, 0) is 49.2 Å². The molecule has 2 aromatic carbocycles. The molecule has 94 valence electrons. The summed E-state index contributed by atoms with van der Waals surface area (Å²) in [6, 6.07) is 12.5. The topological polar surface area (TPSA) is 37.4 Å². The monoisotopic (exact) mass is 251 g/mol. The van der Waals surface area contributed by atoms with E-state index in [0.29, 0.717) is 16.8 Å². The van der Waals surface area contributed by atoms with Crippen molar-refractivity contribution >= 4 is 17.5 Å². The van der Waals surface area contributed by atoms with Crippen LogP contribution in [0, 0.1) is 13.8 Å². The molecule has 19 heavy (non-hydrogen) atoms. The molecule has 3 heteroatoms. The van der Waals surface area contributed by atoms with E-state index in [4.69, 9.17) is 0 Å². The SMILES string of the molecule is Cc1ccc(N2C(=O)c3ccccc3C2=O)cc1C. The average Bonchev–Trinajstić information content (AvgIpc) is 2.66. The standard InChI is InChI=1S/C16H13NO2/c1-10-7-8-12(9-11(10)2)17-15(18)13-5-3-4-6-14(13)16(17)19/h3-9H,1-2H3. The fourth-order valence-electron chi connectivity index (χ4n) is 2.29. The summed E-state index contributed by atoms with van der Waals surface area (Å²) in [4.78, 5) is 25.9. The van der Waals surface area contributed by atoms with Crippen molar-refractivity contribution in [1.29, 1.82) is 0 Å². The lowest BCUT2D eigenvalue weighted by Crippen LogP contribution is -2.29. The lowest BCUT2D eigenvalue weighted by molar-refractivity contribution is 0.0926. The fourth-order valence-corrected chi connectivity index (χ4v) is 2.29. The third-order valence-electron chi connectivity index (χ3n) is 3.54. The molecule has 2 amide bonds. The van der Waals surface area contributed by atoms with Gasteiger partial charge in [-0.2, -0.15) is 0 Å². The maximum atomic E-state index is 12.3. The Bertz CT molecular complexity index is 669. The summed E-state index contributed by atoms with van der Waals surface area (Å²) < 4.78 is 0. The smallest absolute Gasteiger partial charge is 0.266 e. The van der Waals surface area contributed by atoms with E-state index in [9.17, 15) is 9.59 Å². The lowest BCUT2D eigenvalue weighted by atomic mass is 10.1. The summed E-state index contributed by atoms with van der Waals surface area (Å²) in [6.45, 7) is 3.97. The van der Waals surface area contributed by atoms with Crippen molar-refractivity contribution < 1.29 is 9.59 Å². The zero-order chi connectivity index (χ0) is 13.6. The van der Waals surface area contributed by atoms with E-state index in [2.05, 4.69) is 0 Å². The molecular formula is C16H13NO2. The molecule has 0 atom stereocenters. The van der Waals surface area contributed by atoms with Crippen LogP contribution in [-0.4, -0.2) is 11.8 Å². The second-order valence-corrected chi connectivity index (χ2v) is 4.76. The summed E-state index contributed by atoms with van der Waals surface area (Å²) in [5.41, 5.74) is 3.79. The van der Waals surface area contributed by atoms with Crippen molar-refractivity contribution in [2.75, 3.05) is 4.90 Å². The van der Waals surface area contributed by atoms with E-state index in [1.807, 2.05) is 32.0 Å². The normalized spacial score (nSPS) is 13.9. The van der Waals surface area contributed by atoms with Crippen molar-refractivity contribution in [2.24, 2.45) is 0 Å². The number of carbonyl (C=O) groups excluding carboxylic acids is 2. The number of fused-ring (bicyclic) bond motifs is 1. The van der Waals surface area contributed by atoms with Crippen molar-refractivity contribution in [1.82, 2.24) is 0 Å². The Labute approximate surface area is 111 Å². The minimum Gasteiger partial charge on any atom is -0.268 e. The Morgan fingerprint density at radius 1 is 0.789 bits per heavy atom. The Balaban J connectivity index is 2.11. The van der Waals surface area contributed by atoms with Gasteiger partial charge < -0.3 is 0 Å².